The van der Waals surface area contributed by atoms with Crippen LogP contribution in [0.5, 0.6) is 0 Å². The third-order valence-corrected chi connectivity index (χ3v) is 4.16. The summed E-state index contributed by atoms with van der Waals surface area (Å²) in [6.07, 6.45) is 5.15. The molecule has 2 rings (SSSR count). The molecule has 1 aromatic rings. The monoisotopic (exact) mass is 241 g/mol. The Hall–Kier alpha value is -0.550. The van der Waals surface area contributed by atoms with Gasteiger partial charge in [0.25, 0.3) is 5.22 Å². The summed E-state index contributed by atoms with van der Waals surface area (Å²) in [6, 6.07) is 0.593. The quantitative estimate of drug-likeness (QED) is 0.877. The van der Waals surface area contributed by atoms with E-state index in [1.54, 1.807) is 11.8 Å². The summed E-state index contributed by atoms with van der Waals surface area (Å²) in [5, 5.41) is 12.8. The molecular weight excluding hydrogens is 222 g/mol. The Balaban J connectivity index is 1.95. The fraction of sp³-hybridized carbons (Fsp3) is 0.818. The SMILES string of the molecule is CCNC1CCCCC1Sc1nnc(C)o1. The van der Waals surface area contributed by atoms with E-state index in [-0.39, 0.29) is 0 Å². The van der Waals surface area contributed by atoms with Crippen molar-refractivity contribution in [3.63, 3.8) is 0 Å². The minimum Gasteiger partial charge on any atom is -0.416 e. The highest BCUT2D eigenvalue weighted by molar-refractivity contribution is 7.99. The van der Waals surface area contributed by atoms with Crippen LogP contribution >= 0.6 is 11.8 Å². The van der Waals surface area contributed by atoms with E-state index in [0.29, 0.717) is 22.4 Å². The van der Waals surface area contributed by atoms with Crippen LogP contribution in [0.3, 0.4) is 0 Å². The zero-order chi connectivity index (χ0) is 11.4. The van der Waals surface area contributed by atoms with Crippen LogP contribution in [-0.2, 0) is 0 Å². The Bertz CT molecular complexity index is 327. The molecule has 2 atom stereocenters. The van der Waals surface area contributed by atoms with E-state index in [1.807, 2.05) is 6.92 Å². The van der Waals surface area contributed by atoms with E-state index in [2.05, 4.69) is 22.4 Å². The van der Waals surface area contributed by atoms with Gasteiger partial charge in [-0.05, 0) is 19.4 Å². The third-order valence-electron chi connectivity index (χ3n) is 2.93. The first-order valence-corrected chi connectivity index (χ1v) is 6.87. The van der Waals surface area contributed by atoms with Gasteiger partial charge in [-0.3, -0.25) is 0 Å². The number of nitrogens with one attached hydrogen (secondary N) is 1. The van der Waals surface area contributed by atoms with Crippen molar-refractivity contribution in [2.75, 3.05) is 6.54 Å². The van der Waals surface area contributed by atoms with Crippen molar-refractivity contribution < 1.29 is 4.42 Å². The standard InChI is InChI=1S/C11H19N3OS/c1-3-12-9-6-4-5-7-10(9)16-11-14-13-8(2)15-11/h9-10,12H,3-7H2,1-2H3. The summed E-state index contributed by atoms with van der Waals surface area (Å²) < 4.78 is 5.43. The minimum atomic E-state index is 0.577. The number of rotatable bonds is 4. The molecule has 1 aliphatic carbocycles. The Morgan fingerprint density at radius 2 is 2.19 bits per heavy atom. The smallest absolute Gasteiger partial charge is 0.276 e. The molecule has 5 heteroatoms. The summed E-state index contributed by atoms with van der Waals surface area (Å²) in [5.74, 6) is 0.651. The largest absolute Gasteiger partial charge is 0.416 e. The van der Waals surface area contributed by atoms with E-state index < -0.39 is 0 Å². The molecule has 1 N–H and O–H groups in total. The van der Waals surface area contributed by atoms with Gasteiger partial charge in [0, 0.05) is 18.2 Å². The van der Waals surface area contributed by atoms with E-state index in [4.69, 9.17) is 4.42 Å². The van der Waals surface area contributed by atoms with Crippen LogP contribution in [0.4, 0.5) is 0 Å². The maximum atomic E-state index is 5.43. The Morgan fingerprint density at radius 1 is 1.38 bits per heavy atom. The first-order chi connectivity index (χ1) is 7.79. The Kier molecular flexibility index (Phi) is 4.23. The summed E-state index contributed by atoms with van der Waals surface area (Å²) in [7, 11) is 0. The fourth-order valence-electron chi connectivity index (χ4n) is 2.19. The zero-order valence-electron chi connectivity index (χ0n) is 9.90. The first-order valence-electron chi connectivity index (χ1n) is 5.99. The molecule has 0 bridgehead atoms. The van der Waals surface area contributed by atoms with Crippen molar-refractivity contribution in [3.05, 3.63) is 5.89 Å². The van der Waals surface area contributed by atoms with Crippen molar-refractivity contribution in [1.82, 2.24) is 15.5 Å². The van der Waals surface area contributed by atoms with Gasteiger partial charge in [-0.1, -0.05) is 31.5 Å². The molecule has 0 spiro atoms. The maximum absolute atomic E-state index is 5.43. The van der Waals surface area contributed by atoms with Gasteiger partial charge >= 0.3 is 0 Å². The predicted molar refractivity (Wildman–Crippen MR) is 64.6 cm³/mol. The van der Waals surface area contributed by atoms with Gasteiger partial charge in [-0.15, -0.1) is 10.2 Å². The number of aryl methyl sites for hydroxylation is 1. The first kappa shape index (κ1) is 11.9. The maximum Gasteiger partial charge on any atom is 0.276 e. The lowest BCUT2D eigenvalue weighted by molar-refractivity contribution is 0.383. The van der Waals surface area contributed by atoms with Gasteiger partial charge in [0.1, 0.15) is 0 Å². The molecule has 90 valence electrons. The molecule has 1 saturated carbocycles. The fourth-order valence-corrected chi connectivity index (χ4v) is 3.39. The van der Waals surface area contributed by atoms with Gasteiger partial charge in [-0.25, -0.2) is 0 Å². The number of aromatic nitrogens is 2. The van der Waals surface area contributed by atoms with E-state index >= 15 is 0 Å². The van der Waals surface area contributed by atoms with Crippen LogP contribution in [-0.4, -0.2) is 28.0 Å². The Morgan fingerprint density at radius 3 is 2.88 bits per heavy atom. The zero-order valence-corrected chi connectivity index (χ0v) is 10.7. The van der Waals surface area contributed by atoms with Gasteiger partial charge in [0.2, 0.25) is 5.89 Å². The van der Waals surface area contributed by atoms with Gasteiger partial charge in [0.15, 0.2) is 0 Å². The second-order valence-corrected chi connectivity index (χ2v) is 5.38. The lowest BCUT2D eigenvalue weighted by atomic mass is 9.95. The highest BCUT2D eigenvalue weighted by Crippen LogP contribution is 2.33. The molecule has 2 unspecified atom stereocenters. The van der Waals surface area contributed by atoms with Gasteiger partial charge < -0.3 is 9.73 Å². The normalized spacial score (nSPS) is 25.9. The molecule has 1 heterocycles. The minimum absolute atomic E-state index is 0.577. The summed E-state index contributed by atoms with van der Waals surface area (Å²) in [6.45, 7) is 5.03. The number of thioether (sulfide) groups is 1. The molecule has 4 nitrogen and oxygen atoms in total. The highest BCUT2D eigenvalue weighted by Gasteiger charge is 2.26. The third kappa shape index (κ3) is 2.98. The van der Waals surface area contributed by atoms with Crippen molar-refractivity contribution >= 4 is 11.8 Å². The molecule has 0 saturated heterocycles. The van der Waals surface area contributed by atoms with Crippen LogP contribution in [0.25, 0.3) is 0 Å². The van der Waals surface area contributed by atoms with Crippen LogP contribution in [0.2, 0.25) is 0 Å². The molecule has 1 aliphatic rings. The van der Waals surface area contributed by atoms with Crippen LogP contribution in [0.15, 0.2) is 9.64 Å². The average molecular weight is 241 g/mol. The summed E-state index contributed by atoms with van der Waals surface area (Å²) >= 11 is 1.73. The number of nitrogens with zero attached hydrogens (tertiary/aromatic N) is 2. The second-order valence-electron chi connectivity index (χ2n) is 4.19. The van der Waals surface area contributed by atoms with Crippen LogP contribution in [0.1, 0.15) is 38.5 Å². The topological polar surface area (TPSA) is 51.0 Å². The van der Waals surface area contributed by atoms with Crippen molar-refractivity contribution in [2.24, 2.45) is 0 Å². The molecule has 1 aromatic heterocycles. The van der Waals surface area contributed by atoms with E-state index in [1.165, 1.54) is 25.7 Å². The van der Waals surface area contributed by atoms with E-state index in [9.17, 15) is 0 Å². The number of hydrogen-bond donors (Lipinski definition) is 1. The Labute approximate surface area is 101 Å². The lowest BCUT2D eigenvalue weighted by Crippen LogP contribution is -2.40. The van der Waals surface area contributed by atoms with Crippen LogP contribution < -0.4 is 5.32 Å². The van der Waals surface area contributed by atoms with Gasteiger partial charge in [-0.2, -0.15) is 0 Å². The second kappa shape index (κ2) is 5.68. The predicted octanol–water partition coefficient (Wildman–Crippen LogP) is 2.39. The molecule has 0 radical (unpaired) electrons. The molecule has 0 aliphatic heterocycles. The lowest BCUT2D eigenvalue weighted by Gasteiger charge is -2.30. The molecular formula is C11H19N3OS. The summed E-state index contributed by atoms with van der Waals surface area (Å²) in [4.78, 5) is 0. The molecule has 1 fully saturated rings. The van der Waals surface area contributed by atoms with Crippen molar-refractivity contribution in [2.45, 2.75) is 56.0 Å². The van der Waals surface area contributed by atoms with Crippen LogP contribution in [0, 0.1) is 6.92 Å². The van der Waals surface area contributed by atoms with E-state index in [0.717, 1.165) is 6.54 Å². The number of hydrogen-bond acceptors (Lipinski definition) is 5. The average Bonchev–Trinajstić information content (AvgIpc) is 2.67. The van der Waals surface area contributed by atoms with Gasteiger partial charge in [0.05, 0.1) is 0 Å². The molecule has 0 amide bonds. The summed E-state index contributed by atoms with van der Waals surface area (Å²) in [5.41, 5.74) is 0. The van der Waals surface area contributed by atoms with Crippen molar-refractivity contribution in [3.8, 4) is 0 Å². The molecule has 0 aromatic carbocycles. The highest BCUT2D eigenvalue weighted by atomic mass is 32.2. The molecule has 16 heavy (non-hydrogen) atoms. The van der Waals surface area contributed by atoms with Crippen molar-refractivity contribution in [1.29, 1.82) is 0 Å².